The second-order valence-electron chi connectivity index (χ2n) is 7.04. The summed E-state index contributed by atoms with van der Waals surface area (Å²) in [6, 6.07) is 10.2. The molecule has 0 aliphatic carbocycles. The van der Waals surface area contributed by atoms with E-state index in [1.807, 2.05) is 24.3 Å². The summed E-state index contributed by atoms with van der Waals surface area (Å²) in [6.07, 6.45) is 0.543. The Hall–Kier alpha value is -2.82. The number of morpholine rings is 1. The van der Waals surface area contributed by atoms with Crippen molar-refractivity contribution in [3.8, 4) is 17.2 Å². The van der Waals surface area contributed by atoms with Crippen molar-refractivity contribution in [1.29, 1.82) is 0 Å². The van der Waals surface area contributed by atoms with Crippen LogP contribution in [-0.4, -0.2) is 72.8 Å². The predicted molar refractivity (Wildman–Crippen MR) is 118 cm³/mol. The molecule has 0 spiro atoms. The molecule has 1 amide bonds. The van der Waals surface area contributed by atoms with Gasteiger partial charge in [0.25, 0.3) is 5.91 Å². The molecule has 174 valence electrons. The monoisotopic (exact) mass is 464 g/mol. The molecule has 1 aliphatic heterocycles. The van der Waals surface area contributed by atoms with E-state index in [-0.39, 0.29) is 35.0 Å². The Labute approximate surface area is 188 Å². The number of carbonyl (C=O) groups is 1. The summed E-state index contributed by atoms with van der Waals surface area (Å²) in [5.41, 5.74) is 1.03. The Balaban J connectivity index is 1.85. The number of benzene rings is 2. The Morgan fingerprint density at radius 2 is 1.72 bits per heavy atom. The van der Waals surface area contributed by atoms with Crippen LogP contribution >= 0.6 is 0 Å². The number of amides is 1. The maximum Gasteiger partial charge on any atom is 0.255 e. The molecule has 2 aromatic carbocycles. The van der Waals surface area contributed by atoms with Crippen molar-refractivity contribution in [2.24, 2.45) is 0 Å². The van der Waals surface area contributed by atoms with E-state index in [1.165, 1.54) is 30.7 Å². The molecule has 0 aromatic heterocycles. The number of ether oxygens (including phenoxy) is 4. The summed E-state index contributed by atoms with van der Waals surface area (Å²) >= 11 is 0. The summed E-state index contributed by atoms with van der Waals surface area (Å²) in [4.78, 5) is 13.0. The maximum atomic E-state index is 13.1. The first-order chi connectivity index (χ1) is 15.4. The number of para-hydroxylation sites is 1. The summed E-state index contributed by atoms with van der Waals surface area (Å²) in [5.74, 6) is 0.605. The first kappa shape index (κ1) is 23.8. The number of nitrogens with zero attached hydrogens (tertiary/aromatic N) is 1. The van der Waals surface area contributed by atoms with E-state index in [9.17, 15) is 13.2 Å². The van der Waals surface area contributed by atoms with Crippen molar-refractivity contribution < 1.29 is 32.2 Å². The summed E-state index contributed by atoms with van der Waals surface area (Å²) in [6.45, 7) is 1.46. The number of methoxy groups -OCH3 is 3. The van der Waals surface area contributed by atoms with Gasteiger partial charge in [-0.15, -0.1) is 0 Å². The summed E-state index contributed by atoms with van der Waals surface area (Å²) in [7, 11) is 0.563. The van der Waals surface area contributed by atoms with Gasteiger partial charge in [0, 0.05) is 25.7 Å². The topological polar surface area (TPSA) is 103 Å². The van der Waals surface area contributed by atoms with Gasteiger partial charge in [0.1, 0.15) is 5.75 Å². The van der Waals surface area contributed by atoms with Crippen molar-refractivity contribution in [2.75, 3.05) is 54.2 Å². The molecule has 1 heterocycles. The summed E-state index contributed by atoms with van der Waals surface area (Å²) < 4.78 is 48.9. The first-order valence-corrected chi connectivity index (χ1v) is 11.6. The molecular weight excluding hydrogens is 436 g/mol. The minimum Gasteiger partial charge on any atom is -0.496 e. The molecule has 0 radical (unpaired) electrons. The Morgan fingerprint density at radius 3 is 2.38 bits per heavy atom. The zero-order valence-electron chi connectivity index (χ0n) is 18.4. The average Bonchev–Trinajstić information content (AvgIpc) is 2.83. The fourth-order valence-electron chi connectivity index (χ4n) is 3.51. The Morgan fingerprint density at radius 1 is 1.03 bits per heavy atom. The van der Waals surface area contributed by atoms with Gasteiger partial charge in [-0.2, -0.15) is 4.31 Å². The first-order valence-electron chi connectivity index (χ1n) is 10.2. The molecule has 0 atom stereocenters. The number of sulfonamides is 1. The number of nitrogens with one attached hydrogen (secondary N) is 1. The van der Waals surface area contributed by atoms with Gasteiger partial charge in [-0.1, -0.05) is 18.2 Å². The van der Waals surface area contributed by atoms with Crippen LogP contribution in [-0.2, 0) is 21.2 Å². The van der Waals surface area contributed by atoms with Crippen LogP contribution in [0.4, 0.5) is 0 Å². The SMILES string of the molecule is COc1ccccc1CCNC(=O)c1cc(S(=O)(=O)N2CCOCC2)cc(OC)c1OC. The fourth-order valence-corrected chi connectivity index (χ4v) is 4.96. The average molecular weight is 465 g/mol. The van der Waals surface area contributed by atoms with Crippen molar-refractivity contribution in [2.45, 2.75) is 11.3 Å². The van der Waals surface area contributed by atoms with E-state index < -0.39 is 15.9 Å². The van der Waals surface area contributed by atoms with Crippen molar-refractivity contribution in [1.82, 2.24) is 9.62 Å². The van der Waals surface area contributed by atoms with E-state index in [1.54, 1.807) is 7.11 Å². The third-order valence-electron chi connectivity index (χ3n) is 5.18. The zero-order chi connectivity index (χ0) is 23.1. The molecule has 1 N–H and O–H groups in total. The van der Waals surface area contributed by atoms with Crippen LogP contribution in [0.15, 0.2) is 41.3 Å². The smallest absolute Gasteiger partial charge is 0.255 e. The van der Waals surface area contributed by atoms with Crippen molar-refractivity contribution in [3.05, 3.63) is 47.5 Å². The number of hydrogen-bond acceptors (Lipinski definition) is 7. The lowest BCUT2D eigenvalue weighted by Gasteiger charge is -2.26. The quantitative estimate of drug-likeness (QED) is 0.603. The lowest BCUT2D eigenvalue weighted by molar-refractivity contribution is 0.0730. The highest BCUT2D eigenvalue weighted by Crippen LogP contribution is 2.35. The maximum absolute atomic E-state index is 13.1. The molecule has 1 aliphatic rings. The molecule has 0 bridgehead atoms. The normalized spacial score (nSPS) is 14.6. The third kappa shape index (κ3) is 5.14. The third-order valence-corrected chi connectivity index (χ3v) is 7.05. The number of hydrogen-bond donors (Lipinski definition) is 1. The molecule has 9 nitrogen and oxygen atoms in total. The van der Waals surface area contributed by atoms with E-state index in [0.717, 1.165) is 11.3 Å². The molecule has 1 saturated heterocycles. The van der Waals surface area contributed by atoms with Crippen LogP contribution < -0.4 is 19.5 Å². The largest absolute Gasteiger partial charge is 0.496 e. The number of carbonyl (C=O) groups excluding carboxylic acids is 1. The van der Waals surface area contributed by atoms with E-state index in [2.05, 4.69) is 5.32 Å². The lowest BCUT2D eigenvalue weighted by Crippen LogP contribution is -2.40. The minimum absolute atomic E-state index is 0.0353. The van der Waals surface area contributed by atoms with E-state index in [4.69, 9.17) is 18.9 Å². The van der Waals surface area contributed by atoms with Crippen LogP contribution in [0.2, 0.25) is 0 Å². The second kappa shape index (κ2) is 10.7. The van der Waals surface area contributed by atoms with Gasteiger partial charge in [-0.05, 0) is 24.1 Å². The highest BCUT2D eigenvalue weighted by molar-refractivity contribution is 7.89. The Bertz CT molecular complexity index is 1050. The summed E-state index contributed by atoms with van der Waals surface area (Å²) in [5, 5.41) is 2.82. The van der Waals surface area contributed by atoms with Crippen LogP contribution in [0.25, 0.3) is 0 Å². The molecule has 3 rings (SSSR count). The standard InChI is InChI=1S/C22H28N2O7S/c1-28-19-7-5-4-6-16(19)8-9-23-22(25)18-14-17(15-20(29-2)21(18)30-3)32(26,27)24-10-12-31-13-11-24/h4-7,14-15H,8-13H2,1-3H3,(H,23,25). The molecule has 1 fully saturated rings. The molecular formula is C22H28N2O7S. The van der Waals surface area contributed by atoms with Crippen LogP contribution in [0, 0.1) is 0 Å². The number of rotatable bonds is 9. The highest BCUT2D eigenvalue weighted by Gasteiger charge is 2.30. The molecule has 2 aromatic rings. The lowest BCUT2D eigenvalue weighted by atomic mass is 10.1. The minimum atomic E-state index is -3.83. The van der Waals surface area contributed by atoms with Crippen molar-refractivity contribution >= 4 is 15.9 Å². The van der Waals surface area contributed by atoms with Gasteiger partial charge in [-0.3, -0.25) is 4.79 Å². The van der Waals surface area contributed by atoms with Gasteiger partial charge < -0.3 is 24.3 Å². The molecule has 32 heavy (non-hydrogen) atoms. The predicted octanol–water partition coefficient (Wildman–Crippen LogP) is 1.71. The van der Waals surface area contributed by atoms with Crippen molar-refractivity contribution in [3.63, 3.8) is 0 Å². The van der Waals surface area contributed by atoms with Crippen LogP contribution in [0.1, 0.15) is 15.9 Å². The van der Waals surface area contributed by atoms with Gasteiger partial charge in [0.05, 0.1) is 45.0 Å². The fraction of sp³-hybridized carbons (Fsp3) is 0.409. The van der Waals surface area contributed by atoms with E-state index >= 15 is 0 Å². The van der Waals surface area contributed by atoms with Crippen LogP contribution in [0.5, 0.6) is 17.2 Å². The van der Waals surface area contributed by atoms with E-state index in [0.29, 0.717) is 26.2 Å². The van der Waals surface area contributed by atoms with Gasteiger partial charge >= 0.3 is 0 Å². The second-order valence-corrected chi connectivity index (χ2v) is 8.98. The Kier molecular flexibility index (Phi) is 7.94. The van der Waals surface area contributed by atoms with Gasteiger partial charge in [0.2, 0.25) is 10.0 Å². The van der Waals surface area contributed by atoms with Crippen LogP contribution in [0.3, 0.4) is 0 Å². The molecule has 0 saturated carbocycles. The zero-order valence-corrected chi connectivity index (χ0v) is 19.2. The highest BCUT2D eigenvalue weighted by atomic mass is 32.2. The molecule has 0 unspecified atom stereocenters. The molecule has 10 heteroatoms. The van der Waals surface area contributed by atoms with Gasteiger partial charge in [-0.25, -0.2) is 8.42 Å². The van der Waals surface area contributed by atoms with Gasteiger partial charge in [0.15, 0.2) is 11.5 Å².